The van der Waals surface area contributed by atoms with Crippen molar-refractivity contribution in [3.8, 4) is 0 Å². The van der Waals surface area contributed by atoms with E-state index >= 15 is 0 Å². The molecule has 0 saturated carbocycles. The molecule has 1 aromatic heterocycles. The zero-order chi connectivity index (χ0) is 14.1. The number of carbonyl (C=O) groups is 1. The molecule has 0 aliphatic carbocycles. The van der Waals surface area contributed by atoms with Crippen molar-refractivity contribution < 1.29 is 9.90 Å². The van der Waals surface area contributed by atoms with Crippen molar-refractivity contribution >= 4 is 28.5 Å². The molecule has 0 atom stereocenters. The second-order valence-corrected chi connectivity index (χ2v) is 5.05. The van der Waals surface area contributed by atoms with E-state index in [0.29, 0.717) is 17.1 Å². The fourth-order valence-electron chi connectivity index (χ4n) is 2.36. The molecule has 0 unspecified atom stereocenters. The third-order valence-electron chi connectivity index (χ3n) is 3.32. The fraction of sp³-hybridized carbons (Fsp3) is 0.0625. The number of halogens is 1. The molecule has 100 valence electrons. The van der Waals surface area contributed by atoms with Gasteiger partial charge < -0.3 is 9.67 Å². The minimum Gasteiger partial charge on any atom is -0.478 e. The number of benzene rings is 2. The van der Waals surface area contributed by atoms with Crippen molar-refractivity contribution in [2.75, 3.05) is 0 Å². The number of aromatic nitrogens is 1. The van der Waals surface area contributed by atoms with E-state index in [1.165, 1.54) is 0 Å². The van der Waals surface area contributed by atoms with Gasteiger partial charge in [0.05, 0.1) is 5.56 Å². The highest BCUT2D eigenvalue weighted by Gasteiger charge is 2.10. The molecule has 3 rings (SSSR count). The van der Waals surface area contributed by atoms with Gasteiger partial charge >= 0.3 is 5.97 Å². The highest BCUT2D eigenvalue weighted by molar-refractivity contribution is 6.31. The van der Waals surface area contributed by atoms with Crippen molar-refractivity contribution in [3.05, 3.63) is 70.9 Å². The summed E-state index contributed by atoms with van der Waals surface area (Å²) in [6.45, 7) is 0.521. The maximum absolute atomic E-state index is 11.2. The molecule has 1 N–H and O–H groups in total. The fourth-order valence-corrected chi connectivity index (χ4v) is 2.54. The third-order valence-corrected chi connectivity index (χ3v) is 3.56. The summed E-state index contributed by atoms with van der Waals surface area (Å²) >= 11 is 5.97. The van der Waals surface area contributed by atoms with E-state index < -0.39 is 5.97 Å². The summed E-state index contributed by atoms with van der Waals surface area (Å²) in [5, 5.41) is 11.0. The first kappa shape index (κ1) is 12.8. The smallest absolute Gasteiger partial charge is 0.336 e. The monoisotopic (exact) mass is 285 g/mol. The summed E-state index contributed by atoms with van der Waals surface area (Å²) in [6, 6.07) is 14.7. The van der Waals surface area contributed by atoms with E-state index in [0.717, 1.165) is 16.5 Å². The second-order valence-electron chi connectivity index (χ2n) is 4.61. The predicted molar refractivity (Wildman–Crippen MR) is 79.5 cm³/mol. The van der Waals surface area contributed by atoms with Gasteiger partial charge in [-0.3, -0.25) is 0 Å². The lowest BCUT2D eigenvalue weighted by Gasteiger charge is -2.08. The van der Waals surface area contributed by atoms with E-state index in [9.17, 15) is 9.90 Å². The summed E-state index contributed by atoms with van der Waals surface area (Å²) < 4.78 is 2.02. The molecule has 0 bridgehead atoms. The molecule has 20 heavy (non-hydrogen) atoms. The second kappa shape index (κ2) is 5.02. The Morgan fingerprint density at radius 2 is 1.95 bits per heavy atom. The van der Waals surface area contributed by atoms with Crippen LogP contribution in [0.15, 0.2) is 54.7 Å². The SMILES string of the molecule is O=C(O)c1ccccc1Cn1ccc2cc(Cl)ccc21. The van der Waals surface area contributed by atoms with Gasteiger partial charge in [0.15, 0.2) is 0 Å². The van der Waals surface area contributed by atoms with Gasteiger partial charge in [-0.1, -0.05) is 29.8 Å². The van der Waals surface area contributed by atoms with Crippen LogP contribution in [0.25, 0.3) is 10.9 Å². The van der Waals surface area contributed by atoms with E-state index in [4.69, 9.17) is 11.6 Å². The molecule has 0 fully saturated rings. The van der Waals surface area contributed by atoms with Crippen LogP contribution in [-0.4, -0.2) is 15.6 Å². The number of fused-ring (bicyclic) bond motifs is 1. The van der Waals surface area contributed by atoms with Crippen LogP contribution in [0.1, 0.15) is 15.9 Å². The highest BCUT2D eigenvalue weighted by Crippen LogP contribution is 2.22. The van der Waals surface area contributed by atoms with Crippen LogP contribution in [0.3, 0.4) is 0 Å². The lowest BCUT2D eigenvalue weighted by atomic mass is 10.1. The average Bonchev–Trinajstić information content (AvgIpc) is 2.81. The number of rotatable bonds is 3. The Balaban J connectivity index is 2.04. The molecule has 4 heteroatoms. The van der Waals surface area contributed by atoms with Gasteiger partial charge in [-0.05, 0) is 35.9 Å². The first-order valence-corrected chi connectivity index (χ1v) is 6.58. The Hall–Kier alpha value is -2.26. The van der Waals surface area contributed by atoms with Crippen LogP contribution in [0.5, 0.6) is 0 Å². The summed E-state index contributed by atoms with van der Waals surface area (Å²) in [5.41, 5.74) is 2.16. The number of carboxylic acids is 1. The summed E-state index contributed by atoms with van der Waals surface area (Å²) in [4.78, 5) is 11.2. The van der Waals surface area contributed by atoms with Gasteiger partial charge in [-0.15, -0.1) is 0 Å². The van der Waals surface area contributed by atoms with Gasteiger partial charge in [-0.25, -0.2) is 4.79 Å². The first-order valence-electron chi connectivity index (χ1n) is 6.21. The summed E-state index contributed by atoms with van der Waals surface area (Å²) in [6.07, 6.45) is 1.94. The molecule has 0 saturated heterocycles. The molecule has 0 aliphatic rings. The number of aromatic carboxylic acids is 1. The van der Waals surface area contributed by atoms with Gasteiger partial charge in [-0.2, -0.15) is 0 Å². The maximum Gasteiger partial charge on any atom is 0.336 e. The molecule has 0 spiro atoms. The Labute approximate surface area is 121 Å². The first-order chi connectivity index (χ1) is 9.65. The lowest BCUT2D eigenvalue weighted by molar-refractivity contribution is 0.0695. The van der Waals surface area contributed by atoms with Crippen LogP contribution in [0, 0.1) is 0 Å². The molecule has 3 nitrogen and oxygen atoms in total. The van der Waals surface area contributed by atoms with Crippen molar-refractivity contribution in [1.29, 1.82) is 0 Å². The standard InChI is InChI=1S/C16H12ClNO2/c17-13-5-6-15-11(9-13)7-8-18(15)10-12-3-1-2-4-14(12)16(19)20/h1-9H,10H2,(H,19,20). The van der Waals surface area contributed by atoms with E-state index in [1.807, 2.05) is 47.2 Å². The topological polar surface area (TPSA) is 42.2 Å². The normalized spacial score (nSPS) is 10.8. The zero-order valence-electron chi connectivity index (χ0n) is 10.6. The maximum atomic E-state index is 11.2. The molecule has 3 aromatic rings. The van der Waals surface area contributed by atoms with E-state index in [1.54, 1.807) is 12.1 Å². The zero-order valence-corrected chi connectivity index (χ0v) is 11.3. The molecule has 1 heterocycles. The molecule has 2 aromatic carbocycles. The largest absolute Gasteiger partial charge is 0.478 e. The number of carboxylic acid groups (broad SMARTS) is 1. The van der Waals surface area contributed by atoms with Crippen LogP contribution in [-0.2, 0) is 6.54 Å². The van der Waals surface area contributed by atoms with Crippen molar-refractivity contribution in [1.82, 2.24) is 4.57 Å². The van der Waals surface area contributed by atoms with Crippen LogP contribution < -0.4 is 0 Å². The molecular formula is C16H12ClNO2. The third kappa shape index (κ3) is 2.28. The van der Waals surface area contributed by atoms with Crippen LogP contribution in [0.4, 0.5) is 0 Å². The Morgan fingerprint density at radius 3 is 2.75 bits per heavy atom. The van der Waals surface area contributed by atoms with Gasteiger partial charge in [0.25, 0.3) is 0 Å². The Bertz CT molecular complexity index is 792. The van der Waals surface area contributed by atoms with Crippen molar-refractivity contribution in [2.24, 2.45) is 0 Å². The molecule has 0 amide bonds. The van der Waals surface area contributed by atoms with Gasteiger partial charge in [0, 0.05) is 28.7 Å². The van der Waals surface area contributed by atoms with Crippen molar-refractivity contribution in [2.45, 2.75) is 6.54 Å². The lowest BCUT2D eigenvalue weighted by Crippen LogP contribution is -2.06. The molecule has 0 aliphatic heterocycles. The summed E-state index contributed by atoms with van der Waals surface area (Å²) in [5.74, 6) is -0.903. The Kier molecular flexibility index (Phi) is 3.20. The van der Waals surface area contributed by atoms with Gasteiger partial charge in [0.2, 0.25) is 0 Å². The Morgan fingerprint density at radius 1 is 1.15 bits per heavy atom. The molecular weight excluding hydrogens is 274 g/mol. The van der Waals surface area contributed by atoms with E-state index in [2.05, 4.69) is 0 Å². The number of hydrogen-bond donors (Lipinski definition) is 1. The number of nitrogens with zero attached hydrogens (tertiary/aromatic N) is 1. The van der Waals surface area contributed by atoms with Crippen LogP contribution in [0.2, 0.25) is 5.02 Å². The number of hydrogen-bond acceptors (Lipinski definition) is 1. The average molecular weight is 286 g/mol. The minimum absolute atomic E-state index is 0.336. The molecule has 0 radical (unpaired) electrons. The minimum atomic E-state index is -0.903. The predicted octanol–water partition coefficient (Wildman–Crippen LogP) is 4.04. The van der Waals surface area contributed by atoms with Crippen LogP contribution >= 0.6 is 11.6 Å². The van der Waals surface area contributed by atoms with E-state index in [-0.39, 0.29) is 0 Å². The van der Waals surface area contributed by atoms with Crippen molar-refractivity contribution in [3.63, 3.8) is 0 Å². The summed E-state index contributed by atoms with van der Waals surface area (Å²) in [7, 11) is 0. The quantitative estimate of drug-likeness (QED) is 0.789. The van der Waals surface area contributed by atoms with Gasteiger partial charge in [0.1, 0.15) is 0 Å². The highest BCUT2D eigenvalue weighted by atomic mass is 35.5.